The van der Waals surface area contributed by atoms with Crippen molar-refractivity contribution >= 4 is 28.6 Å². The van der Waals surface area contributed by atoms with E-state index in [4.69, 9.17) is 4.74 Å². The lowest BCUT2D eigenvalue weighted by atomic mass is 9.79. The molecule has 5 nitrogen and oxygen atoms in total. The third-order valence-corrected chi connectivity index (χ3v) is 6.96. The second-order valence-corrected chi connectivity index (χ2v) is 8.68. The molecule has 0 aromatic carbocycles. The molecule has 134 valence electrons. The van der Waals surface area contributed by atoms with E-state index in [9.17, 15) is 4.79 Å². The van der Waals surface area contributed by atoms with E-state index in [0.29, 0.717) is 5.92 Å². The number of thiazole rings is 1. The van der Waals surface area contributed by atoms with Crippen molar-refractivity contribution in [2.45, 2.75) is 31.9 Å². The molecule has 0 aliphatic carbocycles. The molecule has 2 aliphatic rings. The number of carbonyl (C=O) groups excluding carboxylic acids is 1. The van der Waals surface area contributed by atoms with Crippen molar-refractivity contribution in [1.82, 2.24) is 15.2 Å². The average molecular weight is 378 g/mol. The molecule has 1 amide bonds. The SMILES string of the molecule is Cc1ncsc1CN1CC2(C1)OCCC2CCNC(=O)c1ccsc1. The Balaban J connectivity index is 1.26. The number of likely N-dealkylation sites (tertiary alicyclic amines) is 1. The number of aromatic nitrogens is 1. The maximum atomic E-state index is 12.0. The van der Waals surface area contributed by atoms with Crippen LogP contribution in [0.2, 0.25) is 0 Å². The molecule has 1 atom stereocenters. The van der Waals surface area contributed by atoms with Crippen molar-refractivity contribution in [3.8, 4) is 0 Å². The highest BCUT2D eigenvalue weighted by molar-refractivity contribution is 7.09. The summed E-state index contributed by atoms with van der Waals surface area (Å²) in [5, 5.41) is 6.87. The van der Waals surface area contributed by atoms with Gasteiger partial charge in [0.1, 0.15) is 0 Å². The van der Waals surface area contributed by atoms with Crippen LogP contribution in [-0.4, -0.2) is 47.6 Å². The van der Waals surface area contributed by atoms with Crippen LogP contribution in [0.1, 0.15) is 33.8 Å². The first-order valence-corrected chi connectivity index (χ1v) is 10.5. The Labute approximate surface area is 156 Å². The summed E-state index contributed by atoms with van der Waals surface area (Å²) in [7, 11) is 0. The zero-order chi connectivity index (χ0) is 17.3. The molecule has 1 N–H and O–H groups in total. The second-order valence-electron chi connectivity index (χ2n) is 6.96. The number of hydrogen-bond acceptors (Lipinski definition) is 6. The van der Waals surface area contributed by atoms with E-state index in [1.807, 2.05) is 22.3 Å². The maximum Gasteiger partial charge on any atom is 0.252 e. The molecule has 2 aromatic heterocycles. The molecule has 1 spiro atoms. The summed E-state index contributed by atoms with van der Waals surface area (Å²) in [6.07, 6.45) is 2.09. The largest absolute Gasteiger partial charge is 0.372 e. The zero-order valence-corrected chi connectivity index (χ0v) is 16.0. The Morgan fingerprint density at radius 2 is 2.40 bits per heavy atom. The van der Waals surface area contributed by atoms with Gasteiger partial charge in [-0.25, -0.2) is 4.98 Å². The van der Waals surface area contributed by atoms with Gasteiger partial charge in [-0.05, 0) is 37.1 Å². The van der Waals surface area contributed by atoms with E-state index >= 15 is 0 Å². The normalized spacial score (nSPS) is 22.2. The van der Waals surface area contributed by atoms with E-state index in [1.54, 1.807) is 22.7 Å². The van der Waals surface area contributed by atoms with Gasteiger partial charge in [-0.2, -0.15) is 11.3 Å². The van der Waals surface area contributed by atoms with Crippen LogP contribution in [0.25, 0.3) is 0 Å². The summed E-state index contributed by atoms with van der Waals surface area (Å²) in [6, 6.07) is 1.87. The lowest BCUT2D eigenvalue weighted by molar-refractivity contribution is -0.136. The first-order chi connectivity index (χ1) is 12.2. The van der Waals surface area contributed by atoms with Crippen LogP contribution in [0, 0.1) is 12.8 Å². The fraction of sp³-hybridized carbons (Fsp3) is 0.556. The second kappa shape index (κ2) is 7.15. The van der Waals surface area contributed by atoms with Crippen molar-refractivity contribution in [3.63, 3.8) is 0 Å². The van der Waals surface area contributed by atoms with Crippen molar-refractivity contribution < 1.29 is 9.53 Å². The van der Waals surface area contributed by atoms with Crippen LogP contribution in [0.15, 0.2) is 22.3 Å². The van der Waals surface area contributed by atoms with Crippen LogP contribution in [0.3, 0.4) is 0 Å². The van der Waals surface area contributed by atoms with E-state index in [-0.39, 0.29) is 11.5 Å². The van der Waals surface area contributed by atoms with Gasteiger partial charge < -0.3 is 10.1 Å². The number of nitrogens with zero attached hydrogens (tertiary/aromatic N) is 2. The maximum absolute atomic E-state index is 12.0. The van der Waals surface area contributed by atoms with Crippen LogP contribution in [0.4, 0.5) is 0 Å². The lowest BCUT2D eigenvalue weighted by Crippen LogP contribution is -2.64. The highest BCUT2D eigenvalue weighted by Gasteiger charge is 2.52. The van der Waals surface area contributed by atoms with Crippen molar-refractivity contribution in [1.29, 1.82) is 0 Å². The summed E-state index contributed by atoms with van der Waals surface area (Å²) in [5.74, 6) is 0.569. The average Bonchev–Trinajstić information content (AvgIpc) is 3.29. The van der Waals surface area contributed by atoms with Crippen molar-refractivity contribution in [3.05, 3.63) is 38.5 Å². The first-order valence-electron chi connectivity index (χ1n) is 8.72. The zero-order valence-electron chi connectivity index (χ0n) is 14.4. The van der Waals surface area contributed by atoms with Gasteiger partial charge in [-0.3, -0.25) is 9.69 Å². The van der Waals surface area contributed by atoms with Gasteiger partial charge in [0, 0.05) is 48.6 Å². The quantitative estimate of drug-likeness (QED) is 0.841. The Bertz CT molecular complexity index is 723. The standard InChI is InChI=1S/C18H23N3O2S2/c1-13-16(25-12-20-13)8-21-10-18(11-21)15(3-6-23-18)2-5-19-17(22)14-4-7-24-9-14/h4,7,9,12,15H,2-3,5-6,8,10-11H2,1H3,(H,19,22). The molecule has 2 aliphatic heterocycles. The number of ether oxygens (including phenoxy) is 1. The lowest BCUT2D eigenvalue weighted by Gasteiger charge is -2.50. The highest BCUT2D eigenvalue weighted by atomic mass is 32.1. The molecular weight excluding hydrogens is 354 g/mol. The third kappa shape index (κ3) is 3.51. The third-order valence-electron chi connectivity index (χ3n) is 5.36. The fourth-order valence-corrected chi connectivity index (χ4v) is 5.36. The number of rotatable bonds is 6. The monoisotopic (exact) mass is 377 g/mol. The van der Waals surface area contributed by atoms with Gasteiger partial charge in [-0.15, -0.1) is 11.3 Å². The number of thiophene rings is 1. The summed E-state index contributed by atoms with van der Waals surface area (Å²) in [5.41, 5.74) is 3.83. The summed E-state index contributed by atoms with van der Waals surface area (Å²) >= 11 is 3.29. The van der Waals surface area contributed by atoms with Gasteiger partial charge in [0.25, 0.3) is 5.91 Å². The molecule has 25 heavy (non-hydrogen) atoms. The molecule has 2 fully saturated rings. The molecule has 4 heterocycles. The molecule has 4 rings (SSSR count). The molecule has 0 saturated carbocycles. The summed E-state index contributed by atoms with van der Waals surface area (Å²) < 4.78 is 6.13. The van der Waals surface area contributed by atoms with Gasteiger partial charge in [0.15, 0.2) is 0 Å². The highest BCUT2D eigenvalue weighted by Crippen LogP contribution is 2.42. The first kappa shape index (κ1) is 17.1. The topological polar surface area (TPSA) is 54.5 Å². The fourth-order valence-electron chi connectivity index (χ4n) is 3.90. The number of hydrogen-bond donors (Lipinski definition) is 1. The molecule has 1 unspecified atom stereocenters. The van der Waals surface area contributed by atoms with E-state index in [1.165, 1.54) is 4.88 Å². The molecule has 0 bridgehead atoms. The van der Waals surface area contributed by atoms with Crippen LogP contribution in [-0.2, 0) is 11.3 Å². The Kier molecular flexibility index (Phi) is 4.90. The molecule has 2 aromatic rings. The number of nitrogens with one attached hydrogen (secondary N) is 1. The van der Waals surface area contributed by atoms with E-state index in [0.717, 1.165) is 56.9 Å². The van der Waals surface area contributed by atoms with Crippen molar-refractivity contribution in [2.24, 2.45) is 5.92 Å². The molecule has 0 radical (unpaired) electrons. The van der Waals surface area contributed by atoms with Gasteiger partial charge in [0.2, 0.25) is 0 Å². The molecule has 2 saturated heterocycles. The van der Waals surface area contributed by atoms with Crippen LogP contribution < -0.4 is 5.32 Å². The number of aryl methyl sites for hydroxylation is 1. The van der Waals surface area contributed by atoms with E-state index in [2.05, 4.69) is 22.1 Å². The predicted molar refractivity (Wildman–Crippen MR) is 100 cm³/mol. The van der Waals surface area contributed by atoms with Crippen LogP contribution >= 0.6 is 22.7 Å². The van der Waals surface area contributed by atoms with Gasteiger partial charge in [-0.1, -0.05) is 0 Å². The van der Waals surface area contributed by atoms with Gasteiger partial charge in [0.05, 0.1) is 16.8 Å². The number of amides is 1. The van der Waals surface area contributed by atoms with Gasteiger partial charge >= 0.3 is 0 Å². The minimum absolute atomic E-state index is 0.00566. The van der Waals surface area contributed by atoms with Crippen molar-refractivity contribution in [2.75, 3.05) is 26.2 Å². The minimum atomic E-state index is 0.00566. The summed E-state index contributed by atoms with van der Waals surface area (Å²) in [6.45, 7) is 6.60. The van der Waals surface area contributed by atoms with Crippen LogP contribution in [0.5, 0.6) is 0 Å². The predicted octanol–water partition coefficient (Wildman–Crippen LogP) is 2.92. The van der Waals surface area contributed by atoms with E-state index < -0.39 is 0 Å². The smallest absolute Gasteiger partial charge is 0.252 e. The minimum Gasteiger partial charge on any atom is -0.372 e. The molecule has 7 heteroatoms. The Morgan fingerprint density at radius 1 is 1.52 bits per heavy atom. The summed E-state index contributed by atoms with van der Waals surface area (Å²) in [4.78, 5) is 20.2. The molecular formula is C18H23N3O2S2. The Hall–Kier alpha value is -1.28. The number of carbonyl (C=O) groups is 1. The Morgan fingerprint density at radius 3 is 3.12 bits per heavy atom.